The number of benzene rings is 1. The zero-order valence-corrected chi connectivity index (χ0v) is 11.7. The minimum absolute atomic E-state index is 0.102. The zero-order chi connectivity index (χ0) is 15.4. The van der Waals surface area contributed by atoms with Crippen molar-refractivity contribution in [3.8, 4) is 11.5 Å². The molecule has 0 saturated carbocycles. The van der Waals surface area contributed by atoms with E-state index in [2.05, 4.69) is 16.8 Å². The fourth-order valence-electron chi connectivity index (χ4n) is 2.60. The van der Waals surface area contributed by atoms with Crippen LogP contribution in [0.3, 0.4) is 0 Å². The third-order valence-corrected chi connectivity index (χ3v) is 3.66. The Morgan fingerprint density at radius 2 is 2.10 bits per heavy atom. The minimum atomic E-state index is -0.693. The van der Waals surface area contributed by atoms with Gasteiger partial charge in [-0.2, -0.15) is 0 Å². The van der Waals surface area contributed by atoms with Crippen molar-refractivity contribution in [1.29, 1.82) is 0 Å². The summed E-state index contributed by atoms with van der Waals surface area (Å²) in [6.45, 7) is 7.05. The predicted octanol–water partition coefficient (Wildman–Crippen LogP) is 1.53. The first-order valence-electron chi connectivity index (χ1n) is 6.80. The standard InChI is InChI=1S/C14H19N3O4/c1-2-3-11(16-6-4-15-5-7-16)10-8-12(17(20)21)14(19)13(18)9-10/h2,8-9,11,15,18-19H,1,3-7H2/t11-/m1/s1. The van der Waals surface area contributed by atoms with Crippen LogP contribution in [-0.2, 0) is 0 Å². The number of nitro groups is 1. The Labute approximate surface area is 122 Å². The van der Waals surface area contributed by atoms with Gasteiger partial charge in [0.2, 0.25) is 5.75 Å². The van der Waals surface area contributed by atoms with E-state index in [4.69, 9.17) is 0 Å². The summed E-state index contributed by atoms with van der Waals surface area (Å²) in [7, 11) is 0. The highest BCUT2D eigenvalue weighted by Gasteiger charge is 2.26. The van der Waals surface area contributed by atoms with Crippen molar-refractivity contribution in [2.24, 2.45) is 0 Å². The average molecular weight is 293 g/mol. The van der Waals surface area contributed by atoms with Gasteiger partial charge in [0.15, 0.2) is 5.75 Å². The van der Waals surface area contributed by atoms with Gasteiger partial charge in [0.25, 0.3) is 0 Å². The monoisotopic (exact) mass is 293 g/mol. The van der Waals surface area contributed by atoms with Crippen LogP contribution in [0.25, 0.3) is 0 Å². The number of hydrogen-bond acceptors (Lipinski definition) is 6. The summed E-state index contributed by atoms with van der Waals surface area (Å²) < 4.78 is 0. The average Bonchev–Trinajstić information content (AvgIpc) is 2.48. The summed E-state index contributed by atoms with van der Waals surface area (Å²) >= 11 is 0. The Morgan fingerprint density at radius 3 is 2.67 bits per heavy atom. The van der Waals surface area contributed by atoms with Gasteiger partial charge in [0.05, 0.1) is 4.92 Å². The van der Waals surface area contributed by atoms with Crippen molar-refractivity contribution in [1.82, 2.24) is 10.2 Å². The number of rotatable bonds is 5. The van der Waals surface area contributed by atoms with Gasteiger partial charge in [-0.05, 0) is 18.1 Å². The van der Waals surface area contributed by atoms with Gasteiger partial charge in [-0.3, -0.25) is 15.0 Å². The Hall–Kier alpha value is -2.12. The number of piperazine rings is 1. The molecule has 114 valence electrons. The van der Waals surface area contributed by atoms with E-state index in [1.807, 2.05) is 0 Å². The van der Waals surface area contributed by atoms with Crippen LogP contribution >= 0.6 is 0 Å². The van der Waals surface area contributed by atoms with E-state index in [9.17, 15) is 20.3 Å². The molecule has 0 unspecified atom stereocenters. The number of nitrogens with zero attached hydrogens (tertiary/aromatic N) is 2. The molecule has 1 heterocycles. The number of hydrogen-bond donors (Lipinski definition) is 3. The first-order valence-corrected chi connectivity index (χ1v) is 6.80. The van der Waals surface area contributed by atoms with E-state index in [1.165, 1.54) is 12.1 Å². The molecule has 1 atom stereocenters. The van der Waals surface area contributed by atoms with Gasteiger partial charge < -0.3 is 15.5 Å². The summed E-state index contributed by atoms with van der Waals surface area (Å²) in [5.41, 5.74) is 0.132. The molecular formula is C14H19N3O4. The van der Waals surface area contributed by atoms with Crippen LogP contribution in [-0.4, -0.2) is 46.2 Å². The van der Waals surface area contributed by atoms with Gasteiger partial charge in [0, 0.05) is 38.3 Å². The molecule has 0 aromatic heterocycles. The lowest BCUT2D eigenvalue weighted by Gasteiger charge is -2.34. The van der Waals surface area contributed by atoms with Crippen LogP contribution in [0.2, 0.25) is 0 Å². The Morgan fingerprint density at radius 1 is 1.43 bits per heavy atom. The van der Waals surface area contributed by atoms with Gasteiger partial charge in [-0.25, -0.2) is 0 Å². The molecule has 1 aromatic carbocycles. The molecule has 1 aromatic rings. The Balaban J connectivity index is 2.39. The molecule has 2 rings (SSSR count). The molecule has 0 radical (unpaired) electrons. The molecule has 0 spiro atoms. The zero-order valence-electron chi connectivity index (χ0n) is 11.7. The van der Waals surface area contributed by atoms with Crippen LogP contribution in [0.1, 0.15) is 18.0 Å². The maximum Gasteiger partial charge on any atom is 0.314 e. The molecule has 0 bridgehead atoms. The number of phenols is 2. The smallest absolute Gasteiger partial charge is 0.314 e. The molecule has 1 aliphatic rings. The van der Waals surface area contributed by atoms with E-state index in [1.54, 1.807) is 6.08 Å². The molecule has 0 amide bonds. The number of phenolic OH excluding ortho intramolecular Hbond substituents is 2. The van der Waals surface area contributed by atoms with Crippen molar-refractivity contribution >= 4 is 5.69 Å². The first-order chi connectivity index (χ1) is 10.0. The summed E-state index contributed by atoms with van der Waals surface area (Å²) in [5, 5.41) is 33.5. The molecular weight excluding hydrogens is 274 g/mol. The van der Waals surface area contributed by atoms with Crippen LogP contribution in [0.5, 0.6) is 11.5 Å². The van der Waals surface area contributed by atoms with E-state index in [0.29, 0.717) is 12.0 Å². The lowest BCUT2D eigenvalue weighted by Crippen LogP contribution is -2.45. The maximum absolute atomic E-state index is 11.0. The normalized spacial score (nSPS) is 17.3. The van der Waals surface area contributed by atoms with Crippen molar-refractivity contribution in [2.75, 3.05) is 26.2 Å². The van der Waals surface area contributed by atoms with E-state index in [-0.39, 0.29) is 6.04 Å². The highest BCUT2D eigenvalue weighted by molar-refractivity contribution is 5.57. The SMILES string of the molecule is C=CC[C@H](c1cc(O)c(O)c([N+](=O)[O-])c1)N1CCNCC1. The van der Waals surface area contributed by atoms with Crippen molar-refractivity contribution in [2.45, 2.75) is 12.5 Å². The third-order valence-electron chi connectivity index (χ3n) is 3.66. The second kappa shape index (κ2) is 6.55. The minimum Gasteiger partial charge on any atom is -0.504 e. The molecule has 21 heavy (non-hydrogen) atoms. The summed E-state index contributed by atoms with van der Waals surface area (Å²) in [4.78, 5) is 12.5. The van der Waals surface area contributed by atoms with E-state index in [0.717, 1.165) is 26.2 Å². The van der Waals surface area contributed by atoms with E-state index >= 15 is 0 Å². The summed E-state index contributed by atoms with van der Waals surface area (Å²) in [5.74, 6) is -1.16. The highest BCUT2D eigenvalue weighted by Crippen LogP contribution is 2.39. The molecule has 7 nitrogen and oxygen atoms in total. The number of nitrogens with one attached hydrogen (secondary N) is 1. The lowest BCUT2D eigenvalue weighted by molar-refractivity contribution is -0.386. The predicted molar refractivity (Wildman–Crippen MR) is 78.4 cm³/mol. The number of nitro benzene ring substituents is 1. The Kier molecular flexibility index (Phi) is 4.77. The molecule has 3 N–H and O–H groups in total. The van der Waals surface area contributed by atoms with Gasteiger partial charge in [-0.1, -0.05) is 6.08 Å². The molecule has 7 heteroatoms. The van der Waals surface area contributed by atoms with Crippen LogP contribution in [0.4, 0.5) is 5.69 Å². The topological polar surface area (TPSA) is 98.9 Å². The summed E-state index contributed by atoms with van der Waals surface area (Å²) in [6, 6.07) is 2.61. The lowest BCUT2D eigenvalue weighted by atomic mass is 9.99. The van der Waals surface area contributed by atoms with E-state index < -0.39 is 22.1 Å². The van der Waals surface area contributed by atoms with Crippen molar-refractivity contribution < 1.29 is 15.1 Å². The highest BCUT2D eigenvalue weighted by atomic mass is 16.6. The molecule has 1 fully saturated rings. The first kappa shape index (κ1) is 15.3. The number of aromatic hydroxyl groups is 2. The maximum atomic E-state index is 11.0. The van der Waals surface area contributed by atoms with Crippen LogP contribution in [0.15, 0.2) is 24.8 Å². The second-order valence-electron chi connectivity index (χ2n) is 4.99. The second-order valence-corrected chi connectivity index (χ2v) is 4.99. The fraction of sp³-hybridized carbons (Fsp3) is 0.429. The van der Waals surface area contributed by atoms with Crippen molar-refractivity contribution in [3.63, 3.8) is 0 Å². The van der Waals surface area contributed by atoms with Crippen LogP contribution < -0.4 is 5.32 Å². The third kappa shape index (κ3) is 3.32. The van der Waals surface area contributed by atoms with Gasteiger partial charge in [-0.15, -0.1) is 6.58 Å². The molecule has 0 aliphatic carbocycles. The summed E-state index contributed by atoms with van der Waals surface area (Å²) in [6.07, 6.45) is 2.36. The molecule has 1 saturated heterocycles. The quantitative estimate of drug-likeness (QED) is 0.329. The largest absolute Gasteiger partial charge is 0.504 e. The van der Waals surface area contributed by atoms with Gasteiger partial charge in [0.1, 0.15) is 0 Å². The molecule has 1 aliphatic heterocycles. The fourth-order valence-corrected chi connectivity index (χ4v) is 2.60. The van der Waals surface area contributed by atoms with Gasteiger partial charge >= 0.3 is 5.69 Å². The van der Waals surface area contributed by atoms with Crippen LogP contribution in [0, 0.1) is 10.1 Å². The Bertz CT molecular complexity index is 541. The van der Waals surface area contributed by atoms with Crippen molar-refractivity contribution in [3.05, 3.63) is 40.5 Å².